The topological polar surface area (TPSA) is 58.5 Å². The van der Waals surface area contributed by atoms with Gasteiger partial charge in [-0.2, -0.15) is 0 Å². The van der Waals surface area contributed by atoms with E-state index < -0.39 is 6.10 Å². The normalized spacial score (nSPS) is 12.5. The van der Waals surface area contributed by atoms with Crippen LogP contribution in [0.3, 0.4) is 0 Å². The third-order valence-corrected chi connectivity index (χ3v) is 1.99. The van der Waals surface area contributed by atoms with Gasteiger partial charge in [-0.05, 0) is 0 Å². The standard InChI is InChI=1S/C9H14ClN3O2/c1-13(5-8(14)6-15-2)9-11-3-7(10)4-12-9/h3-4,8,14H,5-6H2,1-2H3. The molecule has 0 aromatic carbocycles. The van der Waals surface area contributed by atoms with Crippen molar-refractivity contribution < 1.29 is 9.84 Å². The van der Waals surface area contributed by atoms with E-state index in [9.17, 15) is 5.11 Å². The summed E-state index contributed by atoms with van der Waals surface area (Å²) in [7, 11) is 3.34. The van der Waals surface area contributed by atoms with Crippen LogP contribution in [-0.2, 0) is 4.74 Å². The molecule has 1 aromatic heterocycles. The number of aliphatic hydroxyl groups excluding tert-OH is 1. The maximum atomic E-state index is 9.49. The van der Waals surface area contributed by atoms with Crippen LogP contribution in [0.4, 0.5) is 5.95 Å². The number of anilines is 1. The van der Waals surface area contributed by atoms with Gasteiger partial charge in [0.15, 0.2) is 0 Å². The molecule has 0 spiro atoms. The van der Waals surface area contributed by atoms with E-state index in [1.54, 1.807) is 19.1 Å². The predicted molar refractivity (Wildman–Crippen MR) is 58.2 cm³/mol. The third-order valence-electron chi connectivity index (χ3n) is 1.79. The quantitative estimate of drug-likeness (QED) is 0.803. The summed E-state index contributed by atoms with van der Waals surface area (Å²) in [6.07, 6.45) is 2.48. The van der Waals surface area contributed by atoms with Gasteiger partial charge in [0.1, 0.15) is 0 Å². The molecular weight excluding hydrogens is 218 g/mol. The number of hydrogen-bond donors (Lipinski definition) is 1. The Morgan fingerprint density at radius 3 is 2.67 bits per heavy atom. The lowest BCUT2D eigenvalue weighted by Crippen LogP contribution is -2.32. The summed E-state index contributed by atoms with van der Waals surface area (Å²) in [4.78, 5) is 9.78. The lowest BCUT2D eigenvalue weighted by Gasteiger charge is -2.19. The second kappa shape index (κ2) is 5.85. The van der Waals surface area contributed by atoms with E-state index in [0.29, 0.717) is 17.5 Å². The van der Waals surface area contributed by atoms with Gasteiger partial charge in [0, 0.05) is 20.7 Å². The molecule has 6 heteroatoms. The molecule has 0 amide bonds. The van der Waals surface area contributed by atoms with Crippen LogP contribution in [0.1, 0.15) is 0 Å². The second-order valence-electron chi connectivity index (χ2n) is 3.19. The van der Waals surface area contributed by atoms with E-state index in [-0.39, 0.29) is 6.61 Å². The van der Waals surface area contributed by atoms with Crippen LogP contribution < -0.4 is 4.90 Å². The van der Waals surface area contributed by atoms with Gasteiger partial charge in [0.25, 0.3) is 0 Å². The molecule has 0 bridgehead atoms. The van der Waals surface area contributed by atoms with E-state index in [1.807, 2.05) is 0 Å². The van der Waals surface area contributed by atoms with Crippen LogP contribution >= 0.6 is 11.6 Å². The molecule has 0 aliphatic rings. The lowest BCUT2D eigenvalue weighted by atomic mass is 10.3. The first-order valence-corrected chi connectivity index (χ1v) is 4.87. The maximum Gasteiger partial charge on any atom is 0.225 e. The van der Waals surface area contributed by atoms with Crippen LogP contribution in [-0.4, -0.2) is 48.5 Å². The van der Waals surface area contributed by atoms with Crippen molar-refractivity contribution in [1.29, 1.82) is 0 Å². The highest BCUT2D eigenvalue weighted by molar-refractivity contribution is 6.30. The number of rotatable bonds is 5. The average molecular weight is 232 g/mol. The predicted octanol–water partition coefficient (Wildman–Crippen LogP) is 0.574. The zero-order valence-corrected chi connectivity index (χ0v) is 9.48. The molecule has 1 rings (SSSR count). The average Bonchev–Trinajstić information content (AvgIpc) is 2.18. The first-order chi connectivity index (χ1) is 7.13. The Morgan fingerprint density at radius 1 is 1.53 bits per heavy atom. The van der Waals surface area contributed by atoms with Crippen molar-refractivity contribution in [2.24, 2.45) is 0 Å². The van der Waals surface area contributed by atoms with Gasteiger partial charge in [-0.25, -0.2) is 9.97 Å². The molecule has 1 unspecified atom stereocenters. The van der Waals surface area contributed by atoms with Gasteiger partial charge >= 0.3 is 0 Å². The largest absolute Gasteiger partial charge is 0.389 e. The molecule has 84 valence electrons. The minimum Gasteiger partial charge on any atom is -0.389 e. The first-order valence-electron chi connectivity index (χ1n) is 4.49. The summed E-state index contributed by atoms with van der Waals surface area (Å²) in [5, 5.41) is 9.98. The Kier molecular flexibility index (Phi) is 4.74. The van der Waals surface area contributed by atoms with Crippen molar-refractivity contribution in [1.82, 2.24) is 9.97 Å². The number of aliphatic hydroxyl groups is 1. The van der Waals surface area contributed by atoms with Crippen molar-refractivity contribution in [3.05, 3.63) is 17.4 Å². The number of likely N-dealkylation sites (N-methyl/N-ethyl adjacent to an activating group) is 1. The summed E-state index contributed by atoms with van der Waals surface area (Å²) in [5.74, 6) is 0.523. The van der Waals surface area contributed by atoms with Gasteiger partial charge in [0.05, 0.1) is 30.1 Å². The van der Waals surface area contributed by atoms with Crippen molar-refractivity contribution in [2.45, 2.75) is 6.10 Å². The fraction of sp³-hybridized carbons (Fsp3) is 0.556. The molecule has 0 aliphatic heterocycles. The first kappa shape index (κ1) is 12.2. The van der Waals surface area contributed by atoms with Crippen LogP contribution in [0.5, 0.6) is 0 Å². The number of aromatic nitrogens is 2. The molecule has 1 aromatic rings. The number of hydrogen-bond acceptors (Lipinski definition) is 5. The zero-order valence-electron chi connectivity index (χ0n) is 8.72. The monoisotopic (exact) mass is 231 g/mol. The summed E-state index contributed by atoms with van der Waals surface area (Å²) < 4.78 is 4.82. The maximum absolute atomic E-state index is 9.49. The highest BCUT2D eigenvalue weighted by Gasteiger charge is 2.10. The van der Waals surface area contributed by atoms with Gasteiger partial charge in [-0.3, -0.25) is 0 Å². The van der Waals surface area contributed by atoms with E-state index in [0.717, 1.165) is 0 Å². The van der Waals surface area contributed by atoms with Crippen molar-refractivity contribution in [2.75, 3.05) is 32.2 Å². The van der Waals surface area contributed by atoms with E-state index in [4.69, 9.17) is 16.3 Å². The van der Waals surface area contributed by atoms with E-state index in [2.05, 4.69) is 9.97 Å². The van der Waals surface area contributed by atoms with Gasteiger partial charge < -0.3 is 14.7 Å². The molecule has 1 atom stereocenters. The molecule has 5 nitrogen and oxygen atoms in total. The Hall–Kier alpha value is -0.910. The van der Waals surface area contributed by atoms with Gasteiger partial charge in [-0.15, -0.1) is 0 Å². The van der Waals surface area contributed by atoms with Crippen molar-refractivity contribution in [3.8, 4) is 0 Å². The highest BCUT2D eigenvalue weighted by atomic mass is 35.5. The SMILES string of the molecule is COCC(O)CN(C)c1ncc(Cl)cn1. The van der Waals surface area contributed by atoms with Gasteiger partial charge in [-0.1, -0.05) is 11.6 Å². The number of ether oxygens (including phenoxy) is 1. The number of methoxy groups -OCH3 is 1. The molecular formula is C9H14ClN3O2. The Morgan fingerprint density at radius 2 is 2.13 bits per heavy atom. The minimum absolute atomic E-state index is 0.290. The van der Waals surface area contributed by atoms with Crippen molar-refractivity contribution >= 4 is 17.5 Å². The highest BCUT2D eigenvalue weighted by Crippen LogP contribution is 2.08. The summed E-state index contributed by atoms with van der Waals surface area (Å²) in [6, 6.07) is 0. The Bertz CT molecular complexity index is 294. The second-order valence-corrected chi connectivity index (χ2v) is 3.63. The molecule has 1 heterocycles. The van der Waals surface area contributed by atoms with E-state index >= 15 is 0 Å². The van der Waals surface area contributed by atoms with Gasteiger partial charge in [0.2, 0.25) is 5.95 Å². The van der Waals surface area contributed by atoms with Crippen LogP contribution in [0.2, 0.25) is 5.02 Å². The zero-order chi connectivity index (χ0) is 11.3. The lowest BCUT2D eigenvalue weighted by molar-refractivity contribution is 0.0693. The fourth-order valence-corrected chi connectivity index (χ4v) is 1.24. The third kappa shape index (κ3) is 3.99. The molecule has 0 radical (unpaired) electrons. The molecule has 0 aliphatic carbocycles. The molecule has 15 heavy (non-hydrogen) atoms. The van der Waals surface area contributed by atoms with Crippen LogP contribution in [0.15, 0.2) is 12.4 Å². The summed E-state index contributed by atoms with van der Waals surface area (Å²) in [5.41, 5.74) is 0. The molecule has 1 N–H and O–H groups in total. The van der Waals surface area contributed by atoms with Crippen LogP contribution in [0, 0.1) is 0 Å². The number of halogens is 1. The Balaban J connectivity index is 2.53. The molecule has 0 fully saturated rings. The van der Waals surface area contributed by atoms with Crippen LogP contribution in [0.25, 0.3) is 0 Å². The molecule has 0 saturated carbocycles. The summed E-state index contributed by atoms with van der Waals surface area (Å²) >= 11 is 5.66. The molecule has 0 saturated heterocycles. The number of nitrogens with zero attached hydrogens (tertiary/aromatic N) is 3. The smallest absolute Gasteiger partial charge is 0.225 e. The van der Waals surface area contributed by atoms with E-state index in [1.165, 1.54) is 12.4 Å². The Labute approximate surface area is 93.7 Å². The fourth-order valence-electron chi connectivity index (χ4n) is 1.15. The minimum atomic E-state index is -0.556. The van der Waals surface area contributed by atoms with Crippen molar-refractivity contribution in [3.63, 3.8) is 0 Å². The summed E-state index contributed by atoms with van der Waals surface area (Å²) in [6.45, 7) is 0.702.